The fraction of sp³-hybridized carbons (Fsp3) is 0.423. The minimum absolute atomic E-state index is 0.0199. The summed E-state index contributed by atoms with van der Waals surface area (Å²) in [5, 5.41) is 3.93. The van der Waals surface area contributed by atoms with Crippen molar-refractivity contribution >= 4 is 40.0 Å². The van der Waals surface area contributed by atoms with Gasteiger partial charge in [-0.15, -0.1) is 0 Å². The van der Waals surface area contributed by atoms with Gasteiger partial charge in [-0.25, -0.2) is 19.2 Å². The monoisotopic (exact) mass is 528 g/mol. The lowest BCUT2D eigenvalue weighted by Crippen LogP contribution is -2.53. The molecule has 37 heavy (non-hydrogen) atoms. The summed E-state index contributed by atoms with van der Waals surface area (Å²) < 4.78 is 25.6. The Morgan fingerprint density at radius 1 is 1.03 bits per heavy atom. The third-order valence-electron chi connectivity index (χ3n) is 6.88. The first-order valence-corrected chi connectivity index (χ1v) is 12.7. The predicted molar refractivity (Wildman–Crippen MR) is 140 cm³/mol. The number of fused-ring (bicyclic) bond motifs is 1. The molecule has 3 aromatic rings. The molecule has 2 aliphatic rings. The van der Waals surface area contributed by atoms with E-state index >= 15 is 0 Å². The molecule has 0 bridgehead atoms. The van der Waals surface area contributed by atoms with Gasteiger partial charge in [-0.3, -0.25) is 0 Å². The number of piperidine rings is 1. The van der Waals surface area contributed by atoms with Gasteiger partial charge in [0.05, 0.1) is 17.6 Å². The van der Waals surface area contributed by atoms with Crippen molar-refractivity contribution < 1.29 is 18.7 Å². The van der Waals surface area contributed by atoms with E-state index in [1.54, 1.807) is 19.2 Å². The number of ether oxygens (including phenoxy) is 2. The number of likely N-dealkylation sites (N-methyl/N-ethyl adjacent to an activating group) is 1. The van der Waals surface area contributed by atoms with Gasteiger partial charge in [0, 0.05) is 69.3 Å². The molecule has 0 atom stereocenters. The largest absolute Gasteiger partial charge is 0.493 e. The number of piperazine rings is 1. The SMILES string of the molecule is COc1cc2ncnc(Nc3ccc(F)c(Cl)c3)c2cc1OC1CCN(C(=O)N2CCN(C)CC2)CC1. The number of rotatable bonds is 5. The van der Waals surface area contributed by atoms with Crippen LogP contribution in [0, 0.1) is 5.82 Å². The molecular formula is C26H30ClFN6O3. The van der Waals surface area contributed by atoms with Crippen LogP contribution in [0.3, 0.4) is 0 Å². The first-order chi connectivity index (χ1) is 17.9. The highest BCUT2D eigenvalue weighted by molar-refractivity contribution is 6.31. The maximum Gasteiger partial charge on any atom is 0.320 e. The highest BCUT2D eigenvalue weighted by Gasteiger charge is 2.29. The molecule has 9 nitrogen and oxygen atoms in total. The number of hydrogen-bond acceptors (Lipinski definition) is 7. The van der Waals surface area contributed by atoms with Gasteiger partial charge in [0.25, 0.3) is 0 Å². The number of methoxy groups -OCH3 is 1. The second-order valence-corrected chi connectivity index (χ2v) is 9.78. The van der Waals surface area contributed by atoms with Gasteiger partial charge < -0.3 is 29.5 Å². The van der Waals surface area contributed by atoms with Crippen LogP contribution in [0.1, 0.15) is 12.8 Å². The van der Waals surface area contributed by atoms with E-state index in [0.717, 1.165) is 44.4 Å². The van der Waals surface area contributed by atoms with Crippen molar-refractivity contribution in [3.63, 3.8) is 0 Å². The standard InChI is InChI=1S/C26H30ClFN6O3/c1-32-9-11-34(12-10-32)26(35)33-7-5-18(6-8-33)37-24-14-19-22(15-23(24)36-2)29-16-30-25(19)31-17-3-4-21(28)20(27)13-17/h3-4,13-16,18H,5-12H2,1-2H3,(H,29,30,31). The van der Waals surface area contributed by atoms with Crippen LogP contribution in [0.5, 0.6) is 11.5 Å². The molecule has 0 radical (unpaired) electrons. The number of likely N-dealkylation sites (tertiary alicyclic amines) is 1. The van der Waals surface area contributed by atoms with Gasteiger partial charge >= 0.3 is 6.03 Å². The number of nitrogens with zero attached hydrogens (tertiary/aromatic N) is 5. The quantitative estimate of drug-likeness (QED) is 0.526. The summed E-state index contributed by atoms with van der Waals surface area (Å²) in [7, 11) is 3.67. The number of benzene rings is 2. The van der Waals surface area contributed by atoms with Gasteiger partial charge in [-0.1, -0.05) is 11.6 Å². The Balaban J connectivity index is 1.29. The molecule has 2 aliphatic heterocycles. The van der Waals surface area contributed by atoms with Crippen molar-refractivity contribution in [1.29, 1.82) is 0 Å². The molecule has 1 aromatic heterocycles. The van der Waals surface area contributed by atoms with Crippen molar-refractivity contribution in [3.05, 3.63) is 47.5 Å². The van der Waals surface area contributed by atoms with E-state index < -0.39 is 5.82 Å². The van der Waals surface area contributed by atoms with E-state index in [1.165, 1.54) is 18.5 Å². The molecule has 2 fully saturated rings. The van der Waals surface area contributed by atoms with Crippen molar-refractivity contribution in [3.8, 4) is 11.5 Å². The van der Waals surface area contributed by atoms with E-state index in [1.807, 2.05) is 15.9 Å². The number of hydrogen-bond donors (Lipinski definition) is 1. The van der Waals surface area contributed by atoms with E-state index in [4.69, 9.17) is 21.1 Å². The molecule has 0 spiro atoms. The Hall–Kier alpha value is -3.37. The first kappa shape index (κ1) is 25.3. The van der Waals surface area contributed by atoms with Crippen LogP contribution in [0.25, 0.3) is 10.9 Å². The Bertz CT molecular complexity index is 1280. The average molecular weight is 529 g/mol. The molecule has 2 saturated heterocycles. The second-order valence-electron chi connectivity index (χ2n) is 9.37. The summed E-state index contributed by atoms with van der Waals surface area (Å²) >= 11 is 5.94. The number of nitrogens with one attached hydrogen (secondary N) is 1. The van der Waals surface area contributed by atoms with E-state index in [0.29, 0.717) is 41.6 Å². The topological polar surface area (TPSA) is 83.1 Å². The molecule has 2 amide bonds. The summed E-state index contributed by atoms with van der Waals surface area (Å²) in [4.78, 5) is 27.8. The summed E-state index contributed by atoms with van der Waals surface area (Å²) in [6.07, 6.45) is 2.85. The van der Waals surface area contributed by atoms with Crippen LogP contribution in [0.4, 0.5) is 20.7 Å². The van der Waals surface area contributed by atoms with Gasteiger partial charge in [-0.05, 0) is 31.3 Å². The molecule has 2 aromatic carbocycles. The zero-order valence-electron chi connectivity index (χ0n) is 20.9. The van der Waals surface area contributed by atoms with Gasteiger partial charge in [0.1, 0.15) is 24.1 Å². The Morgan fingerprint density at radius 3 is 2.46 bits per heavy atom. The Labute approximate surface area is 220 Å². The van der Waals surface area contributed by atoms with Crippen molar-refractivity contribution in [1.82, 2.24) is 24.7 Å². The van der Waals surface area contributed by atoms with Crippen molar-refractivity contribution in [2.24, 2.45) is 0 Å². The van der Waals surface area contributed by atoms with E-state index in [9.17, 15) is 9.18 Å². The maximum absolute atomic E-state index is 13.6. The number of carbonyl (C=O) groups excluding carboxylic acids is 1. The fourth-order valence-electron chi connectivity index (χ4n) is 4.67. The molecule has 0 unspecified atom stereocenters. The number of carbonyl (C=O) groups is 1. The third-order valence-corrected chi connectivity index (χ3v) is 7.17. The second kappa shape index (κ2) is 10.9. The van der Waals surface area contributed by atoms with Crippen LogP contribution in [0.15, 0.2) is 36.7 Å². The number of anilines is 2. The van der Waals surface area contributed by atoms with Crippen LogP contribution in [-0.4, -0.2) is 90.2 Å². The summed E-state index contributed by atoms with van der Waals surface area (Å²) in [5.41, 5.74) is 1.27. The fourth-order valence-corrected chi connectivity index (χ4v) is 4.85. The lowest BCUT2D eigenvalue weighted by molar-refractivity contribution is 0.0828. The third kappa shape index (κ3) is 5.65. The Morgan fingerprint density at radius 2 is 1.76 bits per heavy atom. The van der Waals surface area contributed by atoms with Gasteiger partial charge in [0.2, 0.25) is 0 Å². The van der Waals surface area contributed by atoms with Gasteiger partial charge in [-0.2, -0.15) is 0 Å². The zero-order chi connectivity index (χ0) is 25.9. The van der Waals surface area contributed by atoms with E-state index in [2.05, 4.69) is 27.2 Å². The van der Waals surface area contributed by atoms with Crippen LogP contribution in [0.2, 0.25) is 5.02 Å². The molecular weight excluding hydrogens is 499 g/mol. The molecule has 3 heterocycles. The van der Waals surface area contributed by atoms with E-state index in [-0.39, 0.29) is 17.2 Å². The average Bonchev–Trinajstić information content (AvgIpc) is 2.91. The smallest absolute Gasteiger partial charge is 0.320 e. The highest BCUT2D eigenvalue weighted by atomic mass is 35.5. The predicted octanol–water partition coefficient (Wildman–Crippen LogP) is 4.39. The minimum Gasteiger partial charge on any atom is -0.493 e. The van der Waals surface area contributed by atoms with Gasteiger partial charge in [0.15, 0.2) is 11.5 Å². The molecule has 0 saturated carbocycles. The normalized spacial score (nSPS) is 17.2. The maximum atomic E-state index is 13.6. The molecule has 196 valence electrons. The molecule has 0 aliphatic carbocycles. The Kier molecular flexibility index (Phi) is 7.48. The molecule has 5 rings (SSSR count). The lowest BCUT2D eigenvalue weighted by Gasteiger charge is -2.38. The summed E-state index contributed by atoms with van der Waals surface area (Å²) in [5.74, 6) is 1.19. The number of halogens is 2. The number of urea groups is 1. The first-order valence-electron chi connectivity index (χ1n) is 12.3. The van der Waals surface area contributed by atoms with Crippen molar-refractivity contribution in [2.75, 3.05) is 58.7 Å². The van der Waals surface area contributed by atoms with Crippen molar-refractivity contribution in [2.45, 2.75) is 18.9 Å². The number of aromatic nitrogens is 2. The molecule has 1 N–H and O–H groups in total. The highest BCUT2D eigenvalue weighted by Crippen LogP contribution is 2.36. The zero-order valence-corrected chi connectivity index (χ0v) is 21.7. The summed E-state index contributed by atoms with van der Waals surface area (Å²) in [6.45, 7) is 4.63. The van der Waals surface area contributed by atoms with Crippen LogP contribution in [-0.2, 0) is 0 Å². The number of amides is 2. The summed E-state index contributed by atoms with van der Waals surface area (Å²) in [6, 6.07) is 8.16. The van der Waals surface area contributed by atoms with Crippen LogP contribution >= 0.6 is 11.6 Å². The lowest BCUT2D eigenvalue weighted by atomic mass is 10.1. The molecule has 11 heteroatoms. The minimum atomic E-state index is -0.489. The van der Waals surface area contributed by atoms with Crippen LogP contribution < -0.4 is 14.8 Å².